The molecule has 0 saturated carbocycles. The number of halogens is 1. The predicted molar refractivity (Wildman–Crippen MR) is 76.5 cm³/mol. The summed E-state index contributed by atoms with van der Waals surface area (Å²) in [5.74, 6) is -1.64. The van der Waals surface area contributed by atoms with Crippen molar-refractivity contribution in [3.8, 4) is 5.75 Å². The van der Waals surface area contributed by atoms with Crippen LogP contribution in [0.25, 0.3) is 6.08 Å². The van der Waals surface area contributed by atoms with Crippen molar-refractivity contribution < 1.29 is 23.8 Å². The van der Waals surface area contributed by atoms with E-state index in [2.05, 4.69) is 0 Å². The normalized spacial score (nSPS) is 10.9. The van der Waals surface area contributed by atoms with Crippen LogP contribution < -0.4 is 4.74 Å². The molecule has 1 aromatic rings. The van der Waals surface area contributed by atoms with E-state index in [0.717, 1.165) is 12.1 Å². The minimum Gasteiger partial charge on any atom is -0.483 e. The van der Waals surface area contributed by atoms with Crippen molar-refractivity contribution in [2.24, 2.45) is 0 Å². The van der Waals surface area contributed by atoms with Crippen LogP contribution in [0.15, 0.2) is 24.3 Å². The highest BCUT2D eigenvalue weighted by atomic mass is 19.1. The van der Waals surface area contributed by atoms with E-state index in [9.17, 15) is 14.0 Å². The Kier molecular flexibility index (Phi) is 5.90. The van der Waals surface area contributed by atoms with Crippen molar-refractivity contribution in [3.63, 3.8) is 0 Å². The molecule has 6 heteroatoms. The van der Waals surface area contributed by atoms with Gasteiger partial charge in [0, 0.05) is 24.7 Å². The van der Waals surface area contributed by atoms with Crippen LogP contribution >= 0.6 is 0 Å². The molecule has 0 unspecified atom stereocenters. The van der Waals surface area contributed by atoms with Gasteiger partial charge in [-0.25, -0.2) is 9.18 Å². The van der Waals surface area contributed by atoms with Gasteiger partial charge in [-0.1, -0.05) is 0 Å². The fourth-order valence-electron chi connectivity index (χ4n) is 1.47. The van der Waals surface area contributed by atoms with Crippen molar-refractivity contribution in [1.29, 1.82) is 0 Å². The number of carboxylic acid groups (broad SMARTS) is 1. The second-order valence-electron chi connectivity index (χ2n) is 4.74. The number of carbonyl (C=O) groups is 2. The Hall–Kier alpha value is -2.37. The van der Waals surface area contributed by atoms with Crippen LogP contribution in [-0.2, 0) is 9.59 Å². The lowest BCUT2D eigenvalue weighted by Gasteiger charge is -2.21. The molecule has 1 amide bonds. The monoisotopic (exact) mass is 295 g/mol. The molecule has 0 aromatic heterocycles. The highest BCUT2D eigenvalue weighted by Crippen LogP contribution is 2.21. The number of benzene rings is 1. The van der Waals surface area contributed by atoms with Crippen molar-refractivity contribution in [3.05, 3.63) is 35.7 Å². The van der Waals surface area contributed by atoms with E-state index in [0.29, 0.717) is 0 Å². The third-order valence-corrected chi connectivity index (χ3v) is 2.90. The topological polar surface area (TPSA) is 66.8 Å². The Morgan fingerprint density at radius 2 is 2.10 bits per heavy atom. The van der Waals surface area contributed by atoms with Gasteiger partial charge in [-0.05, 0) is 38.1 Å². The molecule has 0 aliphatic rings. The predicted octanol–water partition coefficient (Wildman–Crippen LogP) is 2.17. The quantitative estimate of drug-likeness (QED) is 0.817. The second-order valence-corrected chi connectivity index (χ2v) is 4.74. The number of carboxylic acids is 1. The number of amides is 1. The van der Waals surface area contributed by atoms with Crippen molar-refractivity contribution in [2.75, 3.05) is 13.7 Å². The first-order valence-electron chi connectivity index (χ1n) is 6.40. The lowest BCUT2D eigenvalue weighted by atomic mass is 10.2. The third kappa shape index (κ3) is 5.25. The van der Waals surface area contributed by atoms with Crippen molar-refractivity contribution in [2.45, 2.75) is 19.9 Å². The molecule has 0 heterocycles. The number of hydrogen-bond donors (Lipinski definition) is 1. The van der Waals surface area contributed by atoms with Gasteiger partial charge >= 0.3 is 5.97 Å². The van der Waals surface area contributed by atoms with Gasteiger partial charge in [0.25, 0.3) is 5.91 Å². The summed E-state index contributed by atoms with van der Waals surface area (Å²) in [7, 11) is 1.66. The van der Waals surface area contributed by atoms with E-state index < -0.39 is 11.8 Å². The highest BCUT2D eigenvalue weighted by Gasteiger charge is 2.13. The number of nitrogens with zero attached hydrogens (tertiary/aromatic N) is 1. The molecule has 21 heavy (non-hydrogen) atoms. The van der Waals surface area contributed by atoms with E-state index >= 15 is 0 Å². The van der Waals surface area contributed by atoms with E-state index in [1.165, 1.54) is 23.1 Å². The molecule has 5 nitrogen and oxygen atoms in total. The molecule has 0 bridgehead atoms. The largest absolute Gasteiger partial charge is 0.483 e. The molecule has 0 fully saturated rings. The molecule has 0 spiro atoms. The zero-order chi connectivity index (χ0) is 16.0. The summed E-state index contributed by atoms with van der Waals surface area (Å²) in [5.41, 5.74) is 0.261. The Morgan fingerprint density at radius 1 is 1.43 bits per heavy atom. The van der Waals surface area contributed by atoms with Crippen LogP contribution in [0.4, 0.5) is 4.39 Å². The first kappa shape index (κ1) is 16.7. The van der Waals surface area contributed by atoms with Gasteiger partial charge in [0.1, 0.15) is 11.6 Å². The van der Waals surface area contributed by atoms with Gasteiger partial charge < -0.3 is 14.7 Å². The third-order valence-electron chi connectivity index (χ3n) is 2.90. The van der Waals surface area contributed by atoms with Crippen molar-refractivity contribution >= 4 is 18.0 Å². The number of hydrogen-bond acceptors (Lipinski definition) is 3. The van der Waals surface area contributed by atoms with Crippen LogP contribution in [0.1, 0.15) is 19.4 Å². The first-order chi connectivity index (χ1) is 9.81. The minimum absolute atomic E-state index is 0.0423. The lowest BCUT2D eigenvalue weighted by Crippen LogP contribution is -2.36. The fourth-order valence-corrected chi connectivity index (χ4v) is 1.47. The molecule has 0 aliphatic carbocycles. The molecule has 0 radical (unpaired) electrons. The lowest BCUT2D eigenvalue weighted by molar-refractivity contribution is -0.133. The summed E-state index contributed by atoms with van der Waals surface area (Å²) < 4.78 is 18.5. The molecule has 0 saturated heterocycles. The summed E-state index contributed by atoms with van der Waals surface area (Å²) in [4.78, 5) is 23.9. The van der Waals surface area contributed by atoms with Crippen LogP contribution in [0.3, 0.4) is 0 Å². The van der Waals surface area contributed by atoms with Crippen LogP contribution in [-0.4, -0.2) is 41.6 Å². The van der Waals surface area contributed by atoms with E-state index in [1.807, 2.05) is 13.8 Å². The number of aliphatic carboxylic acids is 1. The molecular weight excluding hydrogens is 277 g/mol. The fraction of sp³-hybridized carbons (Fsp3) is 0.333. The highest BCUT2D eigenvalue weighted by molar-refractivity contribution is 5.86. The standard InChI is InChI=1S/C15H18FNO4/c1-10(2)17(3)14(18)9-21-13-6-5-12(16)8-11(13)4-7-15(19)20/h4-8,10H,9H2,1-3H3,(H,19,20)/b7-4+. The van der Waals surface area contributed by atoms with E-state index in [1.54, 1.807) is 7.05 Å². The van der Waals surface area contributed by atoms with Gasteiger partial charge in [-0.3, -0.25) is 4.79 Å². The minimum atomic E-state index is -1.15. The molecule has 1 rings (SSSR count). The number of carbonyl (C=O) groups excluding carboxylic acids is 1. The average molecular weight is 295 g/mol. The summed E-state index contributed by atoms with van der Waals surface area (Å²) >= 11 is 0. The van der Waals surface area contributed by atoms with Crippen LogP contribution in [0.5, 0.6) is 5.75 Å². The maximum absolute atomic E-state index is 13.2. The van der Waals surface area contributed by atoms with Gasteiger partial charge in [0.2, 0.25) is 0 Å². The van der Waals surface area contributed by atoms with Crippen molar-refractivity contribution in [1.82, 2.24) is 4.90 Å². The zero-order valence-electron chi connectivity index (χ0n) is 12.2. The summed E-state index contributed by atoms with van der Waals surface area (Å²) in [6.07, 6.45) is 2.10. The molecule has 1 aromatic carbocycles. The summed E-state index contributed by atoms with van der Waals surface area (Å²) in [6.45, 7) is 3.54. The van der Waals surface area contributed by atoms with E-state index in [-0.39, 0.29) is 29.9 Å². The number of ether oxygens (including phenoxy) is 1. The van der Waals surface area contributed by atoms with Crippen LogP contribution in [0.2, 0.25) is 0 Å². The molecule has 114 valence electrons. The zero-order valence-corrected chi connectivity index (χ0v) is 12.2. The van der Waals surface area contributed by atoms with Crippen LogP contribution in [0, 0.1) is 5.82 Å². The maximum atomic E-state index is 13.2. The Labute approximate surface area is 122 Å². The van der Waals surface area contributed by atoms with Gasteiger partial charge in [-0.2, -0.15) is 0 Å². The van der Waals surface area contributed by atoms with Gasteiger partial charge in [0.15, 0.2) is 6.61 Å². The van der Waals surface area contributed by atoms with Gasteiger partial charge in [0.05, 0.1) is 0 Å². The summed E-state index contributed by atoms with van der Waals surface area (Å²) in [6, 6.07) is 3.73. The Bertz CT molecular complexity index is 555. The SMILES string of the molecule is CC(C)N(C)C(=O)COc1ccc(F)cc1/C=C/C(=O)O. The average Bonchev–Trinajstić information content (AvgIpc) is 2.42. The number of rotatable bonds is 6. The second kappa shape index (κ2) is 7.42. The molecular formula is C15H18FNO4. The van der Waals surface area contributed by atoms with Gasteiger partial charge in [-0.15, -0.1) is 0 Å². The summed E-state index contributed by atoms with van der Waals surface area (Å²) in [5, 5.41) is 8.60. The Balaban J connectivity index is 2.83. The molecule has 0 aliphatic heterocycles. The smallest absolute Gasteiger partial charge is 0.328 e. The van der Waals surface area contributed by atoms with E-state index in [4.69, 9.17) is 9.84 Å². The maximum Gasteiger partial charge on any atom is 0.328 e. The number of likely N-dealkylation sites (N-methyl/N-ethyl adjacent to an activating group) is 1. The molecule has 0 atom stereocenters. The Morgan fingerprint density at radius 3 is 2.67 bits per heavy atom. The first-order valence-corrected chi connectivity index (χ1v) is 6.40. The molecule has 1 N–H and O–H groups in total.